The molecule has 0 bridgehead atoms. The van der Waals surface area contributed by atoms with E-state index in [0.717, 1.165) is 32.1 Å². The number of phenols is 1. The van der Waals surface area contributed by atoms with Crippen molar-refractivity contribution in [2.45, 2.75) is 51.4 Å². The number of carbonyl (C=O) groups is 1. The third-order valence-electron chi connectivity index (χ3n) is 7.66. The maximum absolute atomic E-state index is 12.5. The van der Waals surface area contributed by atoms with Gasteiger partial charge in [-0.3, -0.25) is 4.79 Å². The molecule has 4 aliphatic carbocycles. The van der Waals surface area contributed by atoms with Gasteiger partial charge in [0.25, 0.3) is 0 Å². The number of carbonyl (C=O) groups excluding carboxylic acids is 1. The zero-order valence-electron chi connectivity index (χ0n) is 12.9. The normalized spacial score (nSPS) is 44.8. The fourth-order valence-electron chi connectivity index (χ4n) is 6.55. The lowest BCUT2D eigenvalue weighted by atomic mass is 9.52. The molecule has 1 aromatic carbocycles. The highest BCUT2D eigenvalue weighted by Gasteiger charge is 2.76. The first kappa shape index (κ1) is 13.4. The van der Waals surface area contributed by atoms with Gasteiger partial charge in [0.15, 0.2) is 0 Å². The van der Waals surface area contributed by atoms with Crippen LogP contribution in [0.1, 0.15) is 56.1 Å². The van der Waals surface area contributed by atoms with Gasteiger partial charge >= 0.3 is 0 Å². The molecule has 1 spiro atoms. The Labute approximate surface area is 135 Å². The average molecular weight is 317 g/mol. The molecule has 5 atom stereocenters. The van der Waals surface area contributed by atoms with E-state index in [1.807, 2.05) is 12.1 Å². The summed E-state index contributed by atoms with van der Waals surface area (Å²) in [7, 11) is 0. The van der Waals surface area contributed by atoms with Gasteiger partial charge in [0.1, 0.15) is 11.5 Å². The molecule has 4 aliphatic rings. The minimum Gasteiger partial charge on any atom is -0.506 e. The van der Waals surface area contributed by atoms with E-state index in [4.69, 9.17) is 11.6 Å². The lowest BCUT2D eigenvalue weighted by Gasteiger charge is -2.50. The summed E-state index contributed by atoms with van der Waals surface area (Å²) in [5.41, 5.74) is 2.84. The first-order chi connectivity index (χ1) is 10.5. The van der Waals surface area contributed by atoms with Gasteiger partial charge in [0.05, 0.1) is 5.02 Å². The molecule has 2 nitrogen and oxygen atoms in total. The van der Waals surface area contributed by atoms with Crippen molar-refractivity contribution < 1.29 is 9.90 Å². The van der Waals surface area contributed by atoms with E-state index >= 15 is 0 Å². The predicted octanol–water partition coefficient (Wildman–Crippen LogP) is 4.47. The Kier molecular flexibility index (Phi) is 2.38. The van der Waals surface area contributed by atoms with Crippen LogP contribution >= 0.6 is 11.6 Å². The molecule has 3 fully saturated rings. The number of fused-ring (bicyclic) bond motifs is 3. The van der Waals surface area contributed by atoms with Crippen molar-refractivity contribution in [3.63, 3.8) is 0 Å². The minimum atomic E-state index is -0.0585. The molecular formula is C19H21ClO2. The van der Waals surface area contributed by atoms with Crippen molar-refractivity contribution in [2.24, 2.45) is 22.7 Å². The molecule has 3 saturated carbocycles. The summed E-state index contributed by atoms with van der Waals surface area (Å²) < 4.78 is 0. The quantitative estimate of drug-likeness (QED) is 0.766. The van der Waals surface area contributed by atoms with Crippen molar-refractivity contribution in [3.05, 3.63) is 28.3 Å². The number of benzene rings is 1. The van der Waals surface area contributed by atoms with Gasteiger partial charge in [-0.05, 0) is 78.5 Å². The maximum Gasteiger partial charge on any atom is 0.139 e. The largest absolute Gasteiger partial charge is 0.506 e. The Morgan fingerprint density at radius 2 is 2.14 bits per heavy atom. The van der Waals surface area contributed by atoms with Crippen molar-refractivity contribution >= 4 is 17.4 Å². The lowest BCUT2D eigenvalue weighted by molar-refractivity contribution is -0.132. The van der Waals surface area contributed by atoms with Crippen molar-refractivity contribution in [1.29, 1.82) is 0 Å². The molecular weight excluding hydrogens is 296 g/mol. The lowest BCUT2D eigenvalue weighted by Crippen LogP contribution is -2.46. The van der Waals surface area contributed by atoms with Gasteiger partial charge in [0.2, 0.25) is 0 Å². The first-order valence-electron chi connectivity index (χ1n) is 8.52. The van der Waals surface area contributed by atoms with Crippen LogP contribution in [0.15, 0.2) is 12.1 Å². The number of Topliss-reactive ketones (excluding diaryl/α,β-unsaturated/α-hetero) is 1. The summed E-state index contributed by atoms with van der Waals surface area (Å²) in [5.74, 6) is 2.54. The van der Waals surface area contributed by atoms with E-state index in [1.165, 1.54) is 17.5 Å². The monoisotopic (exact) mass is 316 g/mol. The Bertz CT molecular complexity index is 712. The zero-order valence-corrected chi connectivity index (χ0v) is 13.6. The number of aromatic hydroxyl groups is 1. The molecule has 3 heteroatoms. The van der Waals surface area contributed by atoms with Crippen LogP contribution in [0.25, 0.3) is 0 Å². The van der Waals surface area contributed by atoms with Crippen molar-refractivity contribution in [2.75, 3.05) is 0 Å². The Hall–Kier alpha value is -1.02. The van der Waals surface area contributed by atoms with E-state index in [2.05, 4.69) is 6.92 Å². The minimum absolute atomic E-state index is 0.0585. The molecule has 0 amide bonds. The van der Waals surface area contributed by atoms with E-state index in [1.54, 1.807) is 0 Å². The molecule has 22 heavy (non-hydrogen) atoms. The highest BCUT2D eigenvalue weighted by atomic mass is 35.5. The van der Waals surface area contributed by atoms with Gasteiger partial charge in [-0.25, -0.2) is 0 Å². The number of hydrogen-bond donors (Lipinski definition) is 1. The second kappa shape index (κ2) is 3.90. The van der Waals surface area contributed by atoms with E-state index in [-0.39, 0.29) is 16.6 Å². The van der Waals surface area contributed by atoms with Crippen LogP contribution in [0.3, 0.4) is 0 Å². The number of aryl methyl sites for hydroxylation is 1. The van der Waals surface area contributed by atoms with Gasteiger partial charge in [-0.1, -0.05) is 18.5 Å². The Morgan fingerprint density at radius 1 is 1.32 bits per heavy atom. The molecule has 1 N–H and O–H groups in total. The highest BCUT2D eigenvalue weighted by Crippen LogP contribution is 2.80. The summed E-state index contributed by atoms with van der Waals surface area (Å²) in [4.78, 5) is 12.5. The standard InChI is InChI=1S/C19H21ClO2/c1-18-5-4-12-13-8-15(20)16(21)6-10(13)2-3-14(12)19(18)9-11(19)7-17(18)22/h6,8,11-12,14,21H,2-5,7,9H2,1H3/t11?,12?,14?,18-,19?/m1/s1. The van der Waals surface area contributed by atoms with E-state index < -0.39 is 0 Å². The SMILES string of the molecule is C[C@]12CCC3c4cc(Cl)c(O)cc4CCC3C13CC3CC2=O. The van der Waals surface area contributed by atoms with Gasteiger partial charge in [-0.15, -0.1) is 0 Å². The molecule has 0 heterocycles. The number of ketones is 1. The topological polar surface area (TPSA) is 37.3 Å². The van der Waals surface area contributed by atoms with E-state index in [9.17, 15) is 9.90 Å². The summed E-state index contributed by atoms with van der Waals surface area (Å²) in [6.45, 7) is 2.25. The third-order valence-corrected chi connectivity index (χ3v) is 7.97. The number of hydrogen-bond acceptors (Lipinski definition) is 2. The smallest absolute Gasteiger partial charge is 0.139 e. The molecule has 5 rings (SSSR count). The first-order valence-corrected chi connectivity index (χ1v) is 8.90. The highest BCUT2D eigenvalue weighted by molar-refractivity contribution is 6.32. The fraction of sp³-hybridized carbons (Fsp3) is 0.632. The molecule has 4 unspecified atom stereocenters. The van der Waals surface area contributed by atoms with Crippen LogP contribution in [0.5, 0.6) is 5.75 Å². The summed E-state index contributed by atoms with van der Waals surface area (Å²) >= 11 is 6.18. The van der Waals surface area contributed by atoms with Gasteiger partial charge in [-0.2, -0.15) is 0 Å². The van der Waals surface area contributed by atoms with E-state index in [0.29, 0.717) is 28.6 Å². The molecule has 116 valence electrons. The molecule has 0 radical (unpaired) electrons. The van der Waals surface area contributed by atoms with Crippen LogP contribution in [0.2, 0.25) is 5.02 Å². The van der Waals surface area contributed by atoms with Crippen molar-refractivity contribution in [3.8, 4) is 5.75 Å². The third kappa shape index (κ3) is 1.33. The van der Waals surface area contributed by atoms with Crippen LogP contribution < -0.4 is 0 Å². The summed E-state index contributed by atoms with van der Waals surface area (Å²) in [5, 5.41) is 10.4. The summed E-state index contributed by atoms with van der Waals surface area (Å²) in [6, 6.07) is 3.86. The van der Waals surface area contributed by atoms with Crippen LogP contribution in [0, 0.1) is 22.7 Å². The maximum atomic E-state index is 12.5. The molecule has 0 saturated heterocycles. The van der Waals surface area contributed by atoms with Crippen LogP contribution in [-0.2, 0) is 11.2 Å². The van der Waals surface area contributed by atoms with Gasteiger partial charge in [0, 0.05) is 11.8 Å². The van der Waals surface area contributed by atoms with Crippen molar-refractivity contribution in [1.82, 2.24) is 0 Å². The zero-order chi connectivity index (χ0) is 15.3. The molecule has 1 aromatic rings. The Morgan fingerprint density at radius 3 is 2.95 bits per heavy atom. The van der Waals surface area contributed by atoms with Crippen LogP contribution in [0.4, 0.5) is 0 Å². The average Bonchev–Trinajstić information content (AvgIpc) is 3.14. The second-order valence-electron chi connectivity index (χ2n) is 8.19. The predicted molar refractivity (Wildman–Crippen MR) is 85.2 cm³/mol. The fourth-order valence-corrected chi connectivity index (χ4v) is 6.72. The number of rotatable bonds is 0. The number of halogens is 1. The Balaban J connectivity index is 1.62. The number of phenolic OH excluding ortho intramolecular Hbond substituents is 1. The van der Waals surface area contributed by atoms with Gasteiger partial charge < -0.3 is 5.11 Å². The summed E-state index contributed by atoms with van der Waals surface area (Å²) in [6.07, 6.45) is 6.38. The second-order valence-corrected chi connectivity index (χ2v) is 8.60. The van der Waals surface area contributed by atoms with Crippen LogP contribution in [-0.4, -0.2) is 10.9 Å². The molecule has 0 aliphatic heterocycles. The molecule has 0 aromatic heterocycles.